The zero-order valence-corrected chi connectivity index (χ0v) is 12.2. The molecule has 1 aromatic heterocycles. The average molecular weight is 289 g/mol. The number of nitrogens with two attached hydrogens (primary N) is 1. The molecule has 0 aliphatic heterocycles. The van der Waals surface area contributed by atoms with Gasteiger partial charge in [0.25, 0.3) is 0 Å². The highest BCUT2D eigenvalue weighted by molar-refractivity contribution is 7.91. The maximum Gasteiger partial charge on any atom is 0.360 e. The van der Waals surface area contributed by atoms with Gasteiger partial charge in [-0.3, -0.25) is 0 Å². The molecule has 1 rings (SSSR count). The second-order valence-corrected chi connectivity index (χ2v) is 6.47. The van der Waals surface area contributed by atoms with Crippen LogP contribution in [0.2, 0.25) is 0 Å². The highest BCUT2D eigenvalue weighted by atomic mass is 32.2. The highest BCUT2D eigenvalue weighted by Gasteiger charge is 2.21. The minimum atomic E-state index is -3.10. The number of imidazole rings is 1. The Kier molecular flexibility index (Phi) is 4.93. The lowest BCUT2D eigenvalue weighted by molar-refractivity contribution is 0.0595. The predicted molar refractivity (Wildman–Crippen MR) is 71.7 cm³/mol. The first kappa shape index (κ1) is 15.5. The van der Waals surface area contributed by atoms with Crippen molar-refractivity contribution in [3.8, 4) is 0 Å². The number of nitrogen functional groups attached to an aromatic ring is 1. The third-order valence-corrected chi connectivity index (χ3v) is 4.53. The van der Waals surface area contributed by atoms with Gasteiger partial charge in [0, 0.05) is 18.7 Å². The molecular formula is C11H19N3O4S. The Hall–Kier alpha value is -1.57. The summed E-state index contributed by atoms with van der Waals surface area (Å²) in [6.07, 6.45) is 0.549. The van der Waals surface area contributed by atoms with Gasteiger partial charge < -0.3 is 15.0 Å². The maximum atomic E-state index is 11.5. The summed E-state index contributed by atoms with van der Waals surface area (Å²) < 4.78 is 29.2. The molecule has 8 heteroatoms. The molecule has 1 heterocycles. The Morgan fingerprint density at radius 2 is 2.05 bits per heavy atom. The van der Waals surface area contributed by atoms with E-state index < -0.39 is 15.8 Å². The predicted octanol–water partition coefficient (Wildman–Crippen LogP) is 0.249. The van der Waals surface area contributed by atoms with Crippen molar-refractivity contribution in [1.82, 2.24) is 9.55 Å². The first-order valence-corrected chi connectivity index (χ1v) is 7.82. The summed E-state index contributed by atoms with van der Waals surface area (Å²) in [7, 11) is -1.85. The number of hydrogen-bond acceptors (Lipinski definition) is 6. The van der Waals surface area contributed by atoms with Crippen LogP contribution in [-0.4, -0.2) is 42.6 Å². The molecule has 7 nitrogen and oxygen atoms in total. The fourth-order valence-electron chi connectivity index (χ4n) is 1.65. The number of hydrogen-bond donors (Lipinski definition) is 1. The van der Waals surface area contributed by atoms with Gasteiger partial charge >= 0.3 is 5.97 Å². The van der Waals surface area contributed by atoms with Gasteiger partial charge in [0.05, 0.1) is 12.9 Å². The van der Waals surface area contributed by atoms with Crippen LogP contribution < -0.4 is 5.73 Å². The highest BCUT2D eigenvalue weighted by Crippen LogP contribution is 2.16. The quantitative estimate of drug-likeness (QED) is 0.753. The molecular weight excluding hydrogens is 270 g/mol. The molecule has 0 bridgehead atoms. The molecule has 2 N–H and O–H groups in total. The zero-order valence-electron chi connectivity index (χ0n) is 11.3. The van der Waals surface area contributed by atoms with E-state index in [9.17, 15) is 13.2 Å². The van der Waals surface area contributed by atoms with Crippen LogP contribution in [0.5, 0.6) is 0 Å². The molecule has 0 fully saturated rings. The molecule has 0 unspecified atom stereocenters. The number of aromatic nitrogens is 2. The van der Waals surface area contributed by atoms with Gasteiger partial charge in [0.2, 0.25) is 0 Å². The number of anilines is 1. The van der Waals surface area contributed by atoms with Crippen LogP contribution in [0, 0.1) is 0 Å². The zero-order chi connectivity index (χ0) is 14.6. The lowest BCUT2D eigenvalue weighted by atomic mass is 10.4. The topological polar surface area (TPSA) is 104 Å². The number of rotatable bonds is 6. The third-order valence-electron chi connectivity index (χ3n) is 2.85. The number of carbonyl (C=O) groups excluding carboxylic acids is 1. The molecule has 0 aliphatic carbocycles. The van der Waals surface area contributed by atoms with Gasteiger partial charge in [-0.05, 0) is 0 Å². The third kappa shape index (κ3) is 3.46. The number of methoxy groups -OCH3 is 1. The van der Waals surface area contributed by atoms with Crippen LogP contribution >= 0.6 is 0 Å². The molecule has 0 spiro atoms. The Balaban J connectivity index is 3.06. The van der Waals surface area contributed by atoms with Gasteiger partial charge in [-0.25, -0.2) is 18.2 Å². The first-order valence-electron chi connectivity index (χ1n) is 5.99. The number of sulfone groups is 1. The van der Waals surface area contributed by atoms with Gasteiger partial charge in [-0.15, -0.1) is 0 Å². The molecule has 0 aliphatic rings. The number of ether oxygens (including phenoxy) is 1. The minimum Gasteiger partial charge on any atom is -0.464 e. The Bertz CT molecular complexity index is 563. The van der Waals surface area contributed by atoms with Crippen molar-refractivity contribution in [3.05, 3.63) is 11.5 Å². The number of carbonyl (C=O) groups is 1. The fraction of sp³-hybridized carbons (Fsp3) is 0.636. The largest absolute Gasteiger partial charge is 0.464 e. The van der Waals surface area contributed by atoms with E-state index in [4.69, 9.17) is 5.73 Å². The summed E-state index contributed by atoms with van der Waals surface area (Å²) in [5.41, 5.74) is 5.87. The maximum absolute atomic E-state index is 11.5. The van der Waals surface area contributed by atoms with Crippen molar-refractivity contribution in [2.75, 3.05) is 24.3 Å². The van der Waals surface area contributed by atoms with Crippen molar-refractivity contribution < 1.29 is 17.9 Å². The number of aryl methyl sites for hydroxylation is 1. The van der Waals surface area contributed by atoms with E-state index in [2.05, 4.69) is 9.72 Å². The fourth-order valence-corrected chi connectivity index (χ4v) is 2.40. The normalized spacial score (nSPS) is 11.5. The average Bonchev–Trinajstić information content (AvgIpc) is 2.72. The van der Waals surface area contributed by atoms with Crippen molar-refractivity contribution in [2.24, 2.45) is 0 Å². The SMILES string of the molecule is CCc1nc(C(=O)OC)c(N)n1CCS(=O)(=O)CC. The van der Waals surface area contributed by atoms with Crippen LogP contribution in [0.4, 0.5) is 5.82 Å². The molecule has 0 atom stereocenters. The van der Waals surface area contributed by atoms with E-state index in [1.165, 1.54) is 7.11 Å². The number of esters is 1. The van der Waals surface area contributed by atoms with Crippen molar-refractivity contribution in [1.29, 1.82) is 0 Å². The molecule has 0 saturated carbocycles. The van der Waals surface area contributed by atoms with Crippen LogP contribution in [0.3, 0.4) is 0 Å². The monoisotopic (exact) mass is 289 g/mol. The van der Waals surface area contributed by atoms with E-state index in [1.807, 2.05) is 6.92 Å². The van der Waals surface area contributed by atoms with E-state index in [0.717, 1.165) is 0 Å². The molecule has 108 valence electrons. The Morgan fingerprint density at radius 1 is 1.42 bits per heavy atom. The van der Waals surface area contributed by atoms with E-state index >= 15 is 0 Å². The molecule has 0 radical (unpaired) electrons. The standard InChI is InChI=1S/C11H19N3O4S/c1-4-8-13-9(11(15)18-3)10(12)14(8)6-7-19(16,17)5-2/h4-7,12H2,1-3H3. The van der Waals surface area contributed by atoms with Crippen LogP contribution in [0.25, 0.3) is 0 Å². The van der Waals surface area contributed by atoms with Crippen molar-refractivity contribution in [2.45, 2.75) is 26.8 Å². The van der Waals surface area contributed by atoms with E-state index in [-0.39, 0.29) is 29.6 Å². The van der Waals surface area contributed by atoms with Crippen LogP contribution in [0.15, 0.2) is 0 Å². The summed E-state index contributed by atoms with van der Waals surface area (Å²) in [4.78, 5) is 15.6. The number of nitrogens with zero attached hydrogens (tertiary/aromatic N) is 2. The molecule has 19 heavy (non-hydrogen) atoms. The van der Waals surface area contributed by atoms with Gasteiger partial charge in [-0.1, -0.05) is 13.8 Å². The second kappa shape index (κ2) is 6.05. The van der Waals surface area contributed by atoms with E-state index in [1.54, 1.807) is 11.5 Å². The molecule has 0 amide bonds. The first-order chi connectivity index (χ1) is 8.86. The summed E-state index contributed by atoms with van der Waals surface area (Å²) in [5.74, 6) is 0.147. The van der Waals surface area contributed by atoms with E-state index in [0.29, 0.717) is 12.2 Å². The smallest absolute Gasteiger partial charge is 0.360 e. The van der Waals surface area contributed by atoms with Crippen LogP contribution in [-0.2, 0) is 27.5 Å². The van der Waals surface area contributed by atoms with Gasteiger partial charge in [-0.2, -0.15) is 0 Å². The summed E-state index contributed by atoms with van der Waals surface area (Å²) in [6.45, 7) is 3.63. The lowest BCUT2D eigenvalue weighted by Crippen LogP contribution is -2.17. The molecule has 0 saturated heterocycles. The van der Waals surface area contributed by atoms with Crippen molar-refractivity contribution in [3.63, 3.8) is 0 Å². The summed E-state index contributed by atoms with van der Waals surface area (Å²) >= 11 is 0. The summed E-state index contributed by atoms with van der Waals surface area (Å²) in [6, 6.07) is 0. The Labute approximate surface area is 112 Å². The van der Waals surface area contributed by atoms with Crippen molar-refractivity contribution >= 4 is 21.6 Å². The second-order valence-electron chi connectivity index (χ2n) is 4.00. The molecule has 0 aromatic carbocycles. The van der Waals surface area contributed by atoms with Gasteiger partial charge in [0.15, 0.2) is 15.5 Å². The minimum absolute atomic E-state index is 0.0301. The van der Waals surface area contributed by atoms with Crippen LogP contribution in [0.1, 0.15) is 30.2 Å². The molecule has 1 aromatic rings. The Morgan fingerprint density at radius 3 is 2.53 bits per heavy atom. The van der Waals surface area contributed by atoms with Gasteiger partial charge in [0.1, 0.15) is 11.6 Å². The lowest BCUT2D eigenvalue weighted by Gasteiger charge is -2.08. The summed E-state index contributed by atoms with van der Waals surface area (Å²) in [5, 5.41) is 0.